The van der Waals surface area contributed by atoms with Crippen LogP contribution in [0.1, 0.15) is 0 Å². The second-order valence-corrected chi connectivity index (χ2v) is 4.67. The van der Waals surface area contributed by atoms with Gasteiger partial charge in [0.25, 0.3) is 0 Å². The molecule has 112 valence electrons. The maximum atomic E-state index is 12.1. The number of benzene rings is 2. The summed E-state index contributed by atoms with van der Waals surface area (Å²) in [6.45, 7) is 0. The molecular weight excluding hydrogens is 288 g/mol. The highest BCUT2D eigenvalue weighted by Gasteiger charge is 2.17. The molecule has 0 aliphatic heterocycles. The van der Waals surface area contributed by atoms with Gasteiger partial charge in [-0.1, -0.05) is 0 Å². The molecule has 1 heterocycles. The summed E-state index contributed by atoms with van der Waals surface area (Å²) in [7, 11) is 1.54. The van der Waals surface area contributed by atoms with Crippen molar-refractivity contribution in [3.8, 4) is 34.3 Å². The minimum atomic E-state index is -0.753. The predicted molar refractivity (Wildman–Crippen MR) is 79.5 cm³/mol. The summed E-state index contributed by atoms with van der Waals surface area (Å²) in [4.78, 5) is 12.1. The zero-order valence-corrected chi connectivity index (χ0v) is 11.5. The second kappa shape index (κ2) is 5.00. The van der Waals surface area contributed by atoms with Crippen LogP contribution in [0.15, 0.2) is 45.6 Å². The maximum Gasteiger partial charge on any atom is 0.201 e. The summed E-state index contributed by atoms with van der Waals surface area (Å²) in [5, 5.41) is 28.6. The number of phenolic OH excluding ortho intramolecular Hbond substituents is 3. The molecule has 0 saturated heterocycles. The van der Waals surface area contributed by atoms with Crippen molar-refractivity contribution in [1.82, 2.24) is 0 Å². The standard InChI is InChI=1S/C16H12O6/c1-21-9-4-2-8(3-5-9)12-6-10(17)14-13(22-12)7-11(18)15(19)16(14)20/h2-7,18-20H,1H3. The van der Waals surface area contributed by atoms with E-state index >= 15 is 0 Å². The first-order valence-corrected chi connectivity index (χ1v) is 6.37. The van der Waals surface area contributed by atoms with Crippen molar-refractivity contribution in [3.63, 3.8) is 0 Å². The number of fused-ring (bicyclic) bond motifs is 1. The quantitative estimate of drug-likeness (QED) is 0.629. The molecule has 0 bridgehead atoms. The van der Waals surface area contributed by atoms with Gasteiger partial charge in [0.15, 0.2) is 16.9 Å². The van der Waals surface area contributed by atoms with Crippen LogP contribution in [-0.4, -0.2) is 22.4 Å². The molecule has 0 atom stereocenters. The Bertz CT molecular complexity index is 909. The zero-order chi connectivity index (χ0) is 15.9. The van der Waals surface area contributed by atoms with Crippen molar-refractivity contribution in [2.75, 3.05) is 7.11 Å². The fourth-order valence-corrected chi connectivity index (χ4v) is 2.18. The summed E-state index contributed by atoms with van der Waals surface area (Å²) in [5.41, 5.74) is 0.0813. The van der Waals surface area contributed by atoms with Crippen LogP contribution in [0.3, 0.4) is 0 Å². The lowest BCUT2D eigenvalue weighted by molar-refractivity contribution is 0.370. The molecule has 0 radical (unpaired) electrons. The highest BCUT2D eigenvalue weighted by molar-refractivity contribution is 5.89. The first-order valence-electron chi connectivity index (χ1n) is 6.37. The minimum Gasteiger partial charge on any atom is -0.504 e. The molecule has 3 N–H and O–H groups in total. The Kier molecular flexibility index (Phi) is 3.14. The first kappa shape index (κ1) is 13.8. The molecule has 0 unspecified atom stereocenters. The largest absolute Gasteiger partial charge is 0.504 e. The SMILES string of the molecule is COc1ccc(-c2cc(=O)c3c(O)c(O)c(O)cc3o2)cc1. The molecule has 0 amide bonds. The molecule has 6 heteroatoms. The third kappa shape index (κ3) is 2.10. The van der Waals surface area contributed by atoms with Gasteiger partial charge in [-0.15, -0.1) is 0 Å². The van der Waals surface area contributed by atoms with Gasteiger partial charge >= 0.3 is 0 Å². The maximum absolute atomic E-state index is 12.1. The topological polar surface area (TPSA) is 100 Å². The first-order chi connectivity index (χ1) is 10.5. The van der Waals surface area contributed by atoms with E-state index in [2.05, 4.69) is 0 Å². The number of methoxy groups -OCH3 is 1. The molecule has 22 heavy (non-hydrogen) atoms. The number of ether oxygens (including phenoxy) is 1. The normalized spacial score (nSPS) is 10.8. The number of hydrogen-bond donors (Lipinski definition) is 3. The molecule has 0 aliphatic rings. The lowest BCUT2D eigenvalue weighted by atomic mass is 10.1. The summed E-state index contributed by atoms with van der Waals surface area (Å²) < 4.78 is 10.6. The van der Waals surface area contributed by atoms with E-state index in [1.165, 1.54) is 6.07 Å². The number of rotatable bonds is 2. The zero-order valence-electron chi connectivity index (χ0n) is 11.5. The van der Waals surface area contributed by atoms with E-state index in [1.54, 1.807) is 31.4 Å². The van der Waals surface area contributed by atoms with Crippen LogP contribution in [0.25, 0.3) is 22.3 Å². The van der Waals surface area contributed by atoms with Crippen molar-refractivity contribution in [1.29, 1.82) is 0 Å². The van der Waals surface area contributed by atoms with Crippen molar-refractivity contribution in [3.05, 3.63) is 46.6 Å². The summed E-state index contributed by atoms with van der Waals surface area (Å²) in [5.74, 6) is -1.10. The van der Waals surface area contributed by atoms with Crippen LogP contribution in [0, 0.1) is 0 Å². The second-order valence-electron chi connectivity index (χ2n) is 4.67. The molecule has 0 aliphatic carbocycles. The summed E-state index contributed by atoms with van der Waals surface area (Å²) >= 11 is 0. The Balaban J connectivity index is 2.24. The van der Waals surface area contributed by atoms with Gasteiger partial charge in [-0.05, 0) is 24.3 Å². The Hall–Kier alpha value is -3.15. The fraction of sp³-hybridized carbons (Fsp3) is 0.0625. The van der Waals surface area contributed by atoms with Gasteiger partial charge in [0, 0.05) is 17.7 Å². The fourth-order valence-electron chi connectivity index (χ4n) is 2.18. The Morgan fingerprint density at radius 2 is 1.68 bits per heavy atom. The van der Waals surface area contributed by atoms with E-state index in [1.807, 2.05) is 0 Å². The minimum absolute atomic E-state index is 0.0221. The molecule has 3 aromatic rings. The Morgan fingerprint density at radius 1 is 1.00 bits per heavy atom. The molecule has 1 aromatic heterocycles. The van der Waals surface area contributed by atoms with Crippen LogP contribution in [0.2, 0.25) is 0 Å². The van der Waals surface area contributed by atoms with E-state index in [0.717, 1.165) is 6.07 Å². The van der Waals surface area contributed by atoms with E-state index in [9.17, 15) is 20.1 Å². The van der Waals surface area contributed by atoms with Crippen LogP contribution >= 0.6 is 0 Å². The number of aromatic hydroxyl groups is 3. The third-order valence-corrected chi connectivity index (χ3v) is 3.32. The molecule has 3 rings (SSSR count). The predicted octanol–water partition coefficient (Wildman–Crippen LogP) is 2.59. The molecule has 0 fully saturated rings. The third-order valence-electron chi connectivity index (χ3n) is 3.32. The van der Waals surface area contributed by atoms with Crippen LogP contribution in [0.4, 0.5) is 0 Å². The van der Waals surface area contributed by atoms with E-state index < -0.39 is 22.7 Å². The van der Waals surface area contributed by atoms with E-state index in [-0.39, 0.29) is 16.7 Å². The van der Waals surface area contributed by atoms with E-state index in [4.69, 9.17) is 9.15 Å². The van der Waals surface area contributed by atoms with Gasteiger partial charge in [-0.2, -0.15) is 0 Å². The lowest BCUT2D eigenvalue weighted by Crippen LogP contribution is -2.01. The van der Waals surface area contributed by atoms with Gasteiger partial charge < -0.3 is 24.5 Å². The van der Waals surface area contributed by atoms with Gasteiger partial charge in [0.2, 0.25) is 5.75 Å². The molecular formula is C16H12O6. The summed E-state index contributed by atoms with van der Waals surface area (Å²) in [6.07, 6.45) is 0. The van der Waals surface area contributed by atoms with Crippen molar-refractivity contribution < 1.29 is 24.5 Å². The van der Waals surface area contributed by atoms with Crippen LogP contribution in [0.5, 0.6) is 23.0 Å². The average molecular weight is 300 g/mol. The van der Waals surface area contributed by atoms with Crippen molar-refractivity contribution in [2.24, 2.45) is 0 Å². The Morgan fingerprint density at radius 3 is 2.32 bits per heavy atom. The highest BCUT2D eigenvalue weighted by Crippen LogP contribution is 2.40. The van der Waals surface area contributed by atoms with Gasteiger partial charge in [-0.3, -0.25) is 4.79 Å². The monoisotopic (exact) mass is 300 g/mol. The van der Waals surface area contributed by atoms with E-state index in [0.29, 0.717) is 11.3 Å². The number of phenols is 3. The average Bonchev–Trinajstić information content (AvgIpc) is 2.52. The van der Waals surface area contributed by atoms with Gasteiger partial charge in [0.05, 0.1) is 7.11 Å². The smallest absolute Gasteiger partial charge is 0.201 e. The summed E-state index contributed by atoms with van der Waals surface area (Å²) in [6, 6.07) is 9.14. The van der Waals surface area contributed by atoms with Crippen molar-refractivity contribution >= 4 is 11.0 Å². The molecule has 0 saturated carbocycles. The number of hydrogen-bond acceptors (Lipinski definition) is 6. The van der Waals surface area contributed by atoms with Gasteiger partial charge in [0.1, 0.15) is 22.5 Å². The van der Waals surface area contributed by atoms with Crippen molar-refractivity contribution in [2.45, 2.75) is 0 Å². The van der Waals surface area contributed by atoms with Crippen LogP contribution < -0.4 is 10.2 Å². The molecule has 2 aromatic carbocycles. The molecule has 0 spiro atoms. The molecule has 6 nitrogen and oxygen atoms in total. The van der Waals surface area contributed by atoms with Crippen LogP contribution in [-0.2, 0) is 0 Å². The lowest BCUT2D eigenvalue weighted by Gasteiger charge is -2.07. The Labute approximate surface area is 124 Å². The highest BCUT2D eigenvalue weighted by atomic mass is 16.5. The van der Waals surface area contributed by atoms with Gasteiger partial charge in [-0.25, -0.2) is 0 Å².